The van der Waals surface area contributed by atoms with Gasteiger partial charge >= 0.3 is 0 Å². The van der Waals surface area contributed by atoms with Crippen molar-refractivity contribution in [1.82, 2.24) is 5.32 Å². The van der Waals surface area contributed by atoms with Crippen molar-refractivity contribution in [3.63, 3.8) is 0 Å². The zero-order valence-corrected chi connectivity index (χ0v) is 15.5. The third-order valence-electron chi connectivity index (χ3n) is 4.73. The van der Waals surface area contributed by atoms with E-state index in [2.05, 4.69) is 5.32 Å². The average molecular weight is 372 g/mol. The molecule has 0 aromatic heterocycles. The van der Waals surface area contributed by atoms with E-state index in [-0.39, 0.29) is 23.5 Å². The van der Waals surface area contributed by atoms with Crippen LogP contribution >= 0.6 is 0 Å². The Labute approximate surface area is 152 Å². The lowest BCUT2D eigenvalue weighted by atomic mass is 10.0. The Kier molecular flexibility index (Phi) is 3.91. The number of nitrogens with one attached hydrogen (secondary N) is 1. The molecule has 0 spiro atoms. The van der Waals surface area contributed by atoms with Crippen molar-refractivity contribution in [3.05, 3.63) is 53.1 Å². The van der Waals surface area contributed by atoms with Crippen LogP contribution in [0.5, 0.6) is 5.75 Å². The normalized spacial score (nSPS) is 19.2. The molecule has 0 unspecified atom stereocenters. The minimum absolute atomic E-state index is 0.120. The molecule has 136 valence electrons. The van der Waals surface area contributed by atoms with Crippen LogP contribution < -0.4 is 14.4 Å². The topological polar surface area (TPSA) is 75.7 Å². The van der Waals surface area contributed by atoms with Gasteiger partial charge in [0, 0.05) is 12.1 Å². The summed E-state index contributed by atoms with van der Waals surface area (Å²) in [5, 5.41) is 2.76. The molecule has 0 bridgehead atoms. The van der Waals surface area contributed by atoms with Crippen molar-refractivity contribution in [3.8, 4) is 5.75 Å². The third-order valence-corrected chi connectivity index (χ3v) is 6.50. The van der Waals surface area contributed by atoms with Gasteiger partial charge in [0.25, 0.3) is 15.9 Å². The number of hydrogen-bond donors (Lipinski definition) is 1. The zero-order valence-electron chi connectivity index (χ0n) is 14.7. The number of benzene rings is 2. The number of carbonyl (C=O) groups is 1. The first-order valence-corrected chi connectivity index (χ1v) is 10.0. The monoisotopic (exact) mass is 372 g/mol. The quantitative estimate of drug-likeness (QED) is 0.877. The first-order valence-electron chi connectivity index (χ1n) is 8.57. The van der Waals surface area contributed by atoms with Crippen molar-refractivity contribution in [2.75, 3.05) is 17.4 Å². The van der Waals surface area contributed by atoms with E-state index < -0.39 is 10.0 Å². The van der Waals surface area contributed by atoms with Gasteiger partial charge < -0.3 is 10.1 Å². The molecule has 1 N–H and O–H groups in total. The van der Waals surface area contributed by atoms with E-state index in [0.29, 0.717) is 30.0 Å². The molecule has 2 heterocycles. The maximum absolute atomic E-state index is 13.3. The van der Waals surface area contributed by atoms with E-state index in [1.807, 2.05) is 26.0 Å². The second kappa shape index (κ2) is 6.02. The van der Waals surface area contributed by atoms with Gasteiger partial charge in [0.15, 0.2) is 0 Å². The zero-order chi connectivity index (χ0) is 18.5. The van der Waals surface area contributed by atoms with Gasteiger partial charge in [0.1, 0.15) is 11.9 Å². The summed E-state index contributed by atoms with van der Waals surface area (Å²) < 4.78 is 33.8. The lowest BCUT2D eigenvalue weighted by Crippen LogP contribution is -2.42. The van der Waals surface area contributed by atoms with Gasteiger partial charge in [0.05, 0.1) is 17.1 Å². The summed E-state index contributed by atoms with van der Waals surface area (Å²) >= 11 is 0. The van der Waals surface area contributed by atoms with Crippen LogP contribution in [0.15, 0.2) is 41.3 Å². The summed E-state index contributed by atoms with van der Waals surface area (Å²) in [6.45, 7) is 4.55. The summed E-state index contributed by atoms with van der Waals surface area (Å²) in [4.78, 5) is 12.2. The summed E-state index contributed by atoms with van der Waals surface area (Å²) in [6, 6.07) is 10.3. The second-order valence-electron chi connectivity index (χ2n) is 6.76. The van der Waals surface area contributed by atoms with Gasteiger partial charge in [-0.2, -0.15) is 0 Å². The largest absolute Gasteiger partial charge is 0.487 e. The number of sulfonamides is 1. The molecule has 2 aliphatic heterocycles. The van der Waals surface area contributed by atoms with E-state index in [1.165, 1.54) is 10.4 Å². The van der Waals surface area contributed by atoms with Crippen molar-refractivity contribution in [2.24, 2.45) is 0 Å². The van der Waals surface area contributed by atoms with Crippen LogP contribution in [-0.4, -0.2) is 33.5 Å². The number of hydrogen-bond acceptors (Lipinski definition) is 4. The Morgan fingerprint density at radius 2 is 2.00 bits per heavy atom. The number of carbonyl (C=O) groups excluding carboxylic acids is 1. The van der Waals surface area contributed by atoms with E-state index in [9.17, 15) is 13.2 Å². The number of anilines is 1. The van der Waals surface area contributed by atoms with Crippen LogP contribution in [0, 0.1) is 6.92 Å². The molecule has 4 rings (SSSR count). The summed E-state index contributed by atoms with van der Waals surface area (Å²) in [6.07, 6.45) is 0.443. The summed E-state index contributed by atoms with van der Waals surface area (Å²) in [7, 11) is -3.81. The third kappa shape index (κ3) is 2.72. The minimum Gasteiger partial charge on any atom is -0.487 e. The van der Waals surface area contributed by atoms with E-state index in [1.54, 1.807) is 18.2 Å². The van der Waals surface area contributed by atoms with Crippen LogP contribution in [0.3, 0.4) is 0 Å². The number of fused-ring (bicyclic) bond motifs is 2. The summed E-state index contributed by atoms with van der Waals surface area (Å²) in [5.41, 5.74) is 2.79. The first-order chi connectivity index (χ1) is 12.4. The van der Waals surface area contributed by atoms with Gasteiger partial charge in [-0.25, -0.2) is 8.42 Å². The van der Waals surface area contributed by atoms with Gasteiger partial charge in [-0.3, -0.25) is 9.10 Å². The number of nitrogens with zero attached hydrogens (tertiary/aromatic N) is 1. The Bertz CT molecular complexity index is 1000. The van der Waals surface area contributed by atoms with Crippen LogP contribution in [0.4, 0.5) is 5.69 Å². The van der Waals surface area contributed by atoms with Gasteiger partial charge in [-0.15, -0.1) is 0 Å². The molecule has 0 aliphatic carbocycles. The molecule has 26 heavy (non-hydrogen) atoms. The lowest BCUT2D eigenvalue weighted by Gasteiger charge is -2.34. The molecule has 0 saturated carbocycles. The molecule has 0 saturated heterocycles. The van der Waals surface area contributed by atoms with Crippen molar-refractivity contribution in [1.29, 1.82) is 0 Å². The van der Waals surface area contributed by atoms with E-state index >= 15 is 0 Å². The molecule has 1 amide bonds. The summed E-state index contributed by atoms with van der Waals surface area (Å²) in [5.74, 6) is 0.323. The van der Waals surface area contributed by atoms with Crippen LogP contribution in [0.2, 0.25) is 0 Å². The fraction of sp³-hybridized carbons (Fsp3) is 0.316. The first kappa shape index (κ1) is 16.9. The van der Waals surface area contributed by atoms with Crippen molar-refractivity contribution < 1.29 is 17.9 Å². The van der Waals surface area contributed by atoms with Gasteiger partial charge in [-0.05, 0) is 55.7 Å². The fourth-order valence-corrected chi connectivity index (χ4v) is 4.98. The fourth-order valence-electron chi connectivity index (χ4n) is 3.41. The molecule has 2 aromatic rings. The molecule has 0 radical (unpaired) electrons. The molecular weight excluding hydrogens is 352 g/mol. The molecule has 1 atom stereocenters. The standard InChI is InChI=1S/C19H20N2O4S/c1-12-3-6-18-17(9-12)21(11-13(2)25-18)26(23,24)15-5-4-14-7-8-20-19(22)16(14)10-15/h3-6,9-10,13H,7-8,11H2,1-2H3,(H,20,22)/t13-/m0/s1. The number of aryl methyl sites for hydroxylation is 1. The molecular formula is C19H20N2O4S. The van der Waals surface area contributed by atoms with Crippen LogP contribution in [0.1, 0.15) is 28.4 Å². The predicted molar refractivity (Wildman–Crippen MR) is 98.3 cm³/mol. The maximum atomic E-state index is 13.3. The number of ether oxygens (including phenoxy) is 1. The lowest BCUT2D eigenvalue weighted by molar-refractivity contribution is 0.0945. The van der Waals surface area contributed by atoms with Crippen molar-refractivity contribution in [2.45, 2.75) is 31.3 Å². The SMILES string of the molecule is Cc1ccc2c(c1)N(S(=O)(=O)c1ccc3c(c1)C(=O)NCC3)C[C@H](C)O2. The Morgan fingerprint density at radius 1 is 1.19 bits per heavy atom. The molecule has 6 nitrogen and oxygen atoms in total. The highest BCUT2D eigenvalue weighted by atomic mass is 32.2. The molecule has 7 heteroatoms. The highest BCUT2D eigenvalue weighted by Gasteiger charge is 2.34. The minimum atomic E-state index is -3.81. The number of rotatable bonds is 2. The Morgan fingerprint density at radius 3 is 2.81 bits per heavy atom. The van der Waals surface area contributed by atoms with E-state index in [0.717, 1.165) is 11.1 Å². The number of amides is 1. The second-order valence-corrected chi connectivity index (χ2v) is 8.62. The Balaban J connectivity index is 1.82. The van der Waals surface area contributed by atoms with Gasteiger partial charge in [0.2, 0.25) is 0 Å². The Hall–Kier alpha value is -2.54. The van der Waals surface area contributed by atoms with Gasteiger partial charge in [-0.1, -0.05) is 12.1 Å². The highest BCUT2D eigenvalue weighted by Crippen LogP contribution is 2.37. The maximum Gasteiger partial charge on any atom is 0.264 e. The van der Waals surface area contributed by atoms with Crippen LogP contribution in [0.25, 0.3) is 0 Å². The highest BCUT2D eigenvalue weighted by molar-refractivity contribution is 7.92. The van der Waals surface area contributed by atoms with Crippen molar-refractivity contribution >= 4 is 21.6 Å². The van der Waals surface area contributed by atoms with E-state index in [4.69, 9.17) is 4.74 Å². The molecule has 2 aromatic carbocycles. The average Bonchev–Trinajstić information content (AvgIpc) is 2.61. The smallest absolute Gasteiger partial charge is 0.264 e. The predicted octanol–water partition coefficient (Wildman–Crippen LogP) is 2.26. The molecule has 0 fully saturated rings. The van der Waals surface area contributed by atoms with Crippen LogP contribution in [-0.2, 0) is 16.4 Å². The molecule has 2 aliphatic rings.